The maximum Gasteiger partial charge on any atom is 0.339 e. The number of hydrogen-bond donors (Lipinski definition) is 1. The third-order valence-corrected chi connectivity index (χ3v) is 2.94. The van der Waals surface area contributed by atoms with Crippen molar-refractivity contribution in [3.8, 4) is 0 Å². The minimum Gasteiger partial charge on any atom is -0.467 e. The number of esters is 1. The van der Waals surface area contributed by atoms with E-state index in [-0.39, 0.29) is 12.1 Å². The smallest absolute Gasteiger partial charge is 0.339 e. The Morgan fingerprint density at radius 2 is 2.25 bits per heavy atom. The fourth-order valence-electron chi connectivity index (χ4n) is 1.79. The van der Waals surface area contributed by atoms with Crippen LogP contribution in [-0.4, -0.2) is 47.2 Å². The standard InChI is InChI=1S/C13H21N3O4/c1-5-6-15(3)10-7-11(17)16(14-8-10)9-13(2,19)12(18)20-4/h7-8,19H,5-6,9H2,1-4H3. The summed E-state index contributed by atoms with van der Waals surface area (Å²) in [5, 5.41) is 13.9. The summed E-state index contributed by atoms with van der Waals surface area (Å²) in [5.74, 6) is -0.807. The lowest BCUT2D eigenvalue weighted by Crippen LogP contribution is -2.43. The minimum atomic E-state index is -1.79. The molecular weight excluding hydrogens is 262 g/mol. The largest absolute Gasteiger partial charge is 0.467 e. The van der Waals surface area contributed by atoms with Gasteiger partial charge in [-0.2, -0.15) is 5.10 Å². The zero-order chi connectivity index (χ0) is 15.3. The van der Waals surface area contributed by atoms with Gasteiger partial charge < -0.3 is 14.7 Å². The summed E-state index contributed by atoms with van der Waals surface area (Å²) in [4.78, 5) is 25.2. The second-order valence-corrected chi connectivity index (χ2v) is 4.90. The van der Waals surface area contributed by atoms with Crippen LogP contribution in [0.2, 0.25) is 0 Å². The van der Waals surface area contributed by atoms with Gasteiger partial charge in [-0.3, -0.25) is 4.79 Å². The van der Waals surface area contributed by atoms with Gasteiger partial charge in [-0.1, -0.05) is 6.92 Å². The Labute approximate surface area is 117 Å². The minimum absolute atomic E-state index is 0.254. The molecule has 7 heteroatoms. The summed E-state index contributed by atoms with van der Waals surface area (Å²) in [7, 11) is 3.05. The van der Waals surface area contributed by atoms with Crippen LogP contribution in [0.1, 0.15) is 20.3 Å². The van der Waals surface area contributed by atoms with E-state index in [0.29, 0.717) is 5.69 Å². The van der Waals surface area contributed by atoms with Crippen molar-refractivity contribution in [2.45, 2.75) is 32.4 Å². The molecule has 0 aliphatic carbocycles. The van der Waals surface area contributed by atoms with Gasteiger partial charge in [0.1, 0.15) is 0 Å². The first-order valence-corrected chi connectivity index (χ1v) is 6.41. The van der Waals surface area contributed by atoms with E-state index < -0.39 is 11.6 Å². The molecule has 0 spiro atoms. The number of methoxy groups -OCH3 is 1. The predicted molar refractivity (Wildman–Crippen MR) is 74.7 cm³/mol. The quantitative estimate of drug-likeness (QED) is 0.741. The van der Waals surface area contributed by atoms with Crippen molar-refractivity contribution in [2.75, 3.05) is 25.6 Å². The molecule has 0 amide bonds. The average Bonchev–Trinajstić information content (AvgIpc) is 2.40. The van der Waals surface area contributed by atoms with Crippen LogP contribution in [0, 0.1) is 0 Å². The number of aromatic nitrogens is 2. The van der Waals surface area contributed by atoms with E-state index >= 15 is 0 Å². The Kier molecular flexibility index (Phi) is 5.26. The normalized spacial score (nSPS) is 13.7. The molecule has 0 fully saturated rings. The number of anilines is 1. The molecule has 1 aromatic rings. The molecule has 0 aliphatic rings. The highest BCUT2D eigenvalue weighted by atomic mass is 16.5. The van der Waals surface area contributed by atoms with Crippen molar-refractivity contribution in [1.82, 2.24) is 9.78 Å². The molecule has 0 saturated carbocycles. The molecule has 1 atom stereocenters. The molecule has 0 aliphatic heterocycles. The number of nitrogens with zero attached hydrogens (tertiary/aromatic N) is 3. The van der Waals surface area contributed by atoms with Crippen molar-refractivity contribution in [3.05, 3.63) is 22.6 Å². The van der Waals surface area contributed by atoms with E-state index in [1.807, 2.05) is 18.9 Å². The number of carbonyl (C=O) groups excluding carboxylic acids is 1. The van der Waals surface area contributed by atoms with Gasteiger partial charge in [-0.15, -0.1) is 0 Å². The number of ether oxygens (including phenoxy) is 1. The van der Waals surface area contributed by atoms with Crippen LogP contribution in [0.5, 0.6) is 0 Å². The van der Waals surface area contributed by atoms with Gasteiger partial charge in [0.2, 0.25) is 0 Å². The fourth-order valence-corrected chi connectivity index (χ4v) is 1.79. The molecule has 0 saturated heterocycles. The maximum atomic E-state index is 11.9. The topological polar surface area (TPSA) is 84.7 Å². The average molecular weight is 283 g/mol. The van der Waals surface area contributed by atoms with Crippen LogP contribution < -0.4 is 10.5 Å². The number of aliphatic hydroxyl groups is 1. The molecule has 1 rings (SSSR count). The van der Waals surface area contributed by atoms with Gasteiger partial charge in [-0.05, 0) is 13.3 Å². The lowest BCUT2D eigenvalue weighted by atomic mass is 10.1. The van der Waals surface area contributed by atoms with Gasteiger partial charge in [-0.25, -0.2) is 9.48 Å². The zero-order valence-corrected chi connectivity index (χ0v) is 12.3. The van der Waals surface area contributed by atoms with Crippen LogP contribution >= 0.6 is 0 Å². The third kappa shape index (κ3) is 3.80. The van der Waals surface area contributed by atoms with Crippen molar-refractivity contribution in [3.63, 3.8) is 0 Å². The zero-order valence-electron chi connectivity index (χ0n) is 12.3. The second kappa shape index (κ2) is 6.51. The molecule has 0 radical (unpaired) electrons. The molecule has 7 nitrogen and oxygen atoms in total. The summed E-state index contributed by atoms with van der Waals surface area (Å²) >= 11 is 0. The van der Waals surface area contributed by atoms with E-state index in [4.69, 9.17) is 0 Å². The summed E-state index contributed by atoms with van der Waals surface area (Å²) in [6.07, 6.45) is 2.49. The van der Waals surface area contributed by atoms with Crippen molar-refractivity contribution >= 4 is 11.7 Å². The van der Waals surface area contributed by atoms with E-state index in [0.717, 1.165) is 17.6 Å². The number of carbonyl (C=O) groups is 1. The maximum absolute atomic E-state index is 11.9. The summed E-state index contributed by atoms with van der Waals surface area (Å²) in [6.45, 7) is 3.88. The molecule has 1 aromatic heterocycles. The van der Waals surface area contributed by atoms with Gasteiger partial charge in [0.15, 0.2) is 5.60 Å². The Morgan fingerprint density at radius 1 is 1.60 bits per heavy atom. The summed E-state index contributed by atoms with van der Waals surface area (Å²) in [6, 6.07) is 1.43. The van der Waals surface area contributed by atoms with Gasteiger partial charge in [0.25, 0.3) is 5.56 Å². The molecule has 0 aromatic carbocycles. The van der Waals surface area contributed by atoms with Crippen LogP contribution in [-0.2, 0) is 16.1 Å². The second-order valence-electron chi connectivity index (χ2n) is 4.90. The Bertz CT molecular complexity index is 525. The SMILES string of the molecule is CCCN(C)c1cnn(CC(C)(O)C(=O)OC)c(=O)c1. The number of hydrogen-bond acceptors (Lipinski definition) is 6. The monoisotopic (exact) mass is 283 g/mol. The highest BCUT2D eigenvalue weighted by Crippen LogP contribution is 2.10. The molecule has 0 bridgehead atoms. The van der Waals surface area contributed by atoms with Gasteiger partial charge in [0, 0.05) is 19.7 Å². The first kappa shape index (κ1) is 16.2. The van der Waals surface area contributed by atoms with E-state index in [1.54, 1.807) is 0 Å². The van der Waals surface area contributed by atoms with Gasteiger partial charge in [0.05, 0.1) is 25.5 Å². The van der Waals surface area contributed by atoms with Crippen molar-refractivity contribution < 1.29 is 14.6 Å². The van der Waals surface area contributed by atoms with Crippen molar-refractivity contribution in [2.24, 2.45) is 0 Å². The van der Waals surface area contributed by atoms with E-state index in [1.165, 1.54) is 26.3 Å². The van der Waals surface area contributed by atoms with Crippen LogP contribution in [0.15, 0.2) is 17.1 Å². The highest BCUT2D eigenvalue weighted by Gasteiger charge is 2.32. The first-order valence-electron chi connectivity index (χ1n) is 6.41. The van der Waals surface area contributed by atoms with E-state index in [2.05, 4.69) is 9.84 Å². The Morgan fingerprint density at radius 3 is 2.75 bits per heavy atom. The third-order valence-electron chi connectivity index (χ3n) is 2.94. The van der Waals surface area contributed by atoms with E-state index in [9.17, 15) is 14.7 Å². The first-order chi connectivity index (χ1) is 9.31. The number of rotatable bonds is 6. The molecule has 112 valence electrons. The van der Waals surface area contributed by atoms with Crippen molar-refractivity contribution in [1.29, 1.82) is 0 Å². The highest BCUT2D eigenvalue weighted by molar-refractivity contribution is 5.78. The Hall–Kier alpha value is -1.89. The van der Waals surface area contributed by atoms with Crippen LogP contribution in [0.4, 0.5) is 5.69 Å². The fraction of sp³-hybridized carbons (Fsp3) is 0.615. The van der Waals surface area contributed by atoms with Crippen LogP contribution in [0.3, 0.4) is 0 Å². The lowest BCUT2D eigenvalue weighted by molar-refractivity contribution is -0.162. The van der Waals surface area contributed by atoms with Gasteiger partial charge >= 0.3 is 5.97 Å². The summed E-state index contributed by atoms with van der Waals surface area (Å²) < 4.78 is 5.52. The molecule has 1 unspecified atom stereocenters. The lowest BCUT2D eigenvalue weighted by Gasteiger charge is -2.21. The molecule has 1 N–H and O–H groups in total. The van der Waals surface area contributed by atoms with Crippen LogP contribution in [0.25, 0.3) is 0 Å². The molecular formula is C13H21N3O4. The molecule has 20 heavy (non-hydrogen) atoms. The molecule has 1 heterocycles. The summed E-state index contributed by atoms with van der Waals surface area (Å²) in [5.41, 5.74) is -1.47. The predicted octanol–water partition coefficient (Wildman–Crippen LogP) is 0.0135. The Balaban J connectivity index is 2.94.